The zero-order valence-corrected chi connectivity index (χ0v) is 13.7. The Balaban J connectivity index is 1.99. The summed E-state index contributed by atoms with van der Waals surface area (Å²) in [4.78, 5) is 9.35. The summed E-state index contributed by atoms with van der Waals surface area (Å²) in [6.07, 6.45) is 0.918. The number of anilines is 1. The van der Waals surface area contributed by atoms with Crippen LogP contribution in [0.5, 0.6) is 0 Å². The van der Waals surface area contributed by atoms with Crippen molar-refractivity contribution in [2.24, 2.45) is 0 Å². The first-order valence-electron chi connectivity index (χ1n) is 7.53. The number of aromatic nitrogens is 2. The Morgan fingerprint density at radius 3 is 2.78 bits per heavy atom. The predicted molar refractivity (Wildman–Crippen MR) is 95.0 cm³/mol. The smallest absolute Gasteiger partial charge is 0.162 e. The minimum Gasteiger partial charge on any atom is -0.385 e. The van der Waals surface area contributed by atoms with Crippen LogP contribution in [0.4, 0.5) is 5.82 Å². The molecule has 23 heavy (non-hydrogen) atoms. The fraction of sp³-hybridized carbons (Fsp3) is 0.222. The molecule has 0 saturated heterocycles. The monoisotopic (exact) mass is 327 g/mol. The van der Waals surface area contributed by atoms with Crippen LogP contribution >= 0.6 is 11.6 Å². The van der Waals surface area contributed by atoms with Crippen molar-refractivity contribution in [3.05, 3.63) is 53.6 Å². The minimum atomic E-state index is 0.667. The quantitative estimate of drug-likeness (QED) is 0.682. The molecule has 118 valence electrons. The highest BCUT2D eigenvalue weighted by Crippen LogP contribution is 2.26. The maximum atomic E-state index is 6.09. The van der Waals surface area contributed by atoms with Crippen molar-refractivity contribution in [1.82, 2.24) is 9.97 Å². The van der Waals surface area contributed by atoms with Gasteiger partial charge in [-0.25, -0.2) is 9.97 Å². The van der Waals surface area contributed by atoms with Crippen molar-refractivity contribution in [1.29, 1.82) is 0 Å². The molecule has 3 aromatic rings. The first-order valence-corrected chi connectivity index (χ1v) is 7.91. The average Bonchev–Trinajstić information content (AvgIpc) is 2.58. The van der Waals surface area contributed by atoms with Crippen molar-refractivity contribution in [3.63, 3.8) is 0 Å². The van der Waals surface area contributed by atoms with E-state index in [1.165, 1.54) is 0 Å². The lowest BCUT2D eigenvalue weighted by atomic mass is 10.2. The molecule has 1 N–H and O–H groups in total. The van der Waals surface area contributed by atoms with E-state index >= 15 is 0 Å². The van der Waals surface area contributed by atoms with Crippen LogP contribution in [0.15, 0.2) is 48.5 Å². The summed E-state index contributed by atoms with van der Waals surface area (Å²) < 4.78 is 5.09. The van der Waals surface area contributed by atoms with E-state index in [2.05, 4.69) is 15.3 Å². The van der Waals surface area contributed by atoms with E-state index in [1.807, 2.05) is 48.5 Å². The zero-order valence-electron chi connectivity index (χ0n) is 12.9. The lowest BCUT2D eigenvalue weighted by Gasteiger charge is -2.11. The number of para-hydroxylation sites is 1. The van der Waals surface area contributed by atoms with Crippen LogP contribution in [0.1, 0.15) is 6.42 Å². The maximum Gasteiger partial charge on any atom is 0.162 e. The lowest BCUT2D eigenvalue weighted by molar-refractivity contribution is 0.198. The Hall–Kier alpha value is -2.17. The molecular formula is C18H18ClN3O. The van der Waals surface area contributed by atoms with Crippen LogP contribution < -0.4 is 5.32 Å². The van der Waals surface area contributed by atoms with Gasteiger partial charge in [-0.15, -0.1) is 0 Å². The molecule has 0 spiro atoms. The molecule has 0 aliphatic carbocycles. The summed E-state index contributed by atoms with van der Waals surface area (Å²) in [5, 5.41) is 5.07. The number of nitrogens with zero attached hydrogens (tertiary/aromatic N) is 2. The van der Waals surface area contributed by atoms with E-state index in [-0.39, 0.29) is 0 Å². The van der Waals surface area contributed by atoms with E-state index in [4.69, 9.17) is 16.3 Å². The highest BCUT2D eigenvalue weighted by molar-refractivity contribution is 6.30. The van der Waals surface area contributed by atoms with Gasteiger partial charge >= 0.3 is 0 Å². The summed E-state index contributed by atoms with van der Waals surface area (Å²) in [7, 11) is 1.71. The summed E-state index contributed by atoms with van der Waals surface area (Å²) in [6, 6.07) is 15.6. The molecule has 0 amide bonds. The second-order valence-electron chi connectivity index (χ2n) is 5.20. The van der Waals surface area contributed by atoms with E-state index in [1.54, 1.807) is 7.11 Å². The number of ether oxygens (including phenoxy) is 1. The van der Waals surface area contributed by atoms with Crippen LogP contribution in [0.2, 0.25) is 5.02 Å². The largest absolute Gasteiger partial charge is 0.385 e. The second kappa shape index (κ2) is 7.40. The summed E-state index contributed by atoms with van der Waals surface area (Å²) >= 11 is 6.09. The fourth-order valence-corrected chi connectivity index (χ4v) is 2.58. The fourth-order valence-electron chi connectivity index (χ4n) is 2.39. The third kappa shape index (κ3) is 3.78. The molecule has 0 saturated carbocycles. The zero-order chi connectivity index (χ0) is 16.1. The molecule has 0 bridgehead atoms. The Morgan fingerprint density at radius 2 is 1.96 bits per heavy atom. The molecule has 0 aliphatic heterocycles. The number of nitrogens with one attached hydrogen (secondary N) is 1. The molecule has 4 nitrogen and oxygen atoms in total. The SMILES string of the molecule is COCCCNc1nc(-c2cccc(Cl)c2)nc2ccccc12. The molecular weight excluding hydrogens is 310 g/mol. The van der Waals surface area contributed by atoms with Crippen molar-refractivity contribution < 1.29 is 4.74 Å². The maximum absolute atomic E-state index is 6.09. The van der Waals surface area contributed by atoms with Gasteiger partial charge in [0.15, 0.2) is 5.82 Å². The Morgan fingerprint density at radius 1 is 1.09 bits per heavy atom. The standard InChI is InChI=1S/C18H18ClN3O/c1-23-11-5-10-20-18-15-8-2-3-9-16(15)21-17(22-18)13-6-4-7-14(19)12-13/h2-4,6-9,12H,5,10-11H2,1H3,(H,20,21,22). The molecule has 5 heteroatoms. The van der Waals surface area contributed by atoms with Gasteiger partial charge in [0.2, 0.25) is 0 Å². The molecule has 1 aromatic heterocycles. The Labute approximate surface area is 140 Å². The first kappa shape index (κ1) is 15.7. The van der Waals surface area contributed by atoms with Crippen molar-refractivity contribution in [2.75, 3.05) is 25.6 Å². The van der Waals surface area contributed by atoms with Gasteiger partial charge in [-0.05, 0) is 30.7 Å². The number of rotatable bonds is 6. The molecule has 0 atom stereocenters. The van der Waals surface area contributed by atoms with Gasteiger partial charge in [0, 0.05) is 36.2 Å². The second-order valence-corrected chi connectivity index (χ2v) is 5.63. The van der Waals surface area contributed by atoms with E-state index in [0.717, 1.165) is 41.9 Å². The number of fused-ring (bicyclic) bond motifs is 1. The molecule has 0 unspecified atom stereocenters. The molecule has 0 radical (unpaired) electrons. The third-order valence-electron chi connectivity index (χ3n) is 3.50. The average molecular weight is 328 g/mol. The first-order chi connectivity index (χ1) is 11.3. The summed E-state index contributed by atoms with van der Waals surface area (Å²) in [6.45, 7) is 1.51. The van der Waals surface area contributed by atoms with E-state index in [0.29, 0.717) is 10.8 Å². The van der Waals surface area contributed by atoms with Gasteiger partial charge in [0.05, 0.1) is 5.52 Å². The van der Waals surface area contributed by atoms with Crippen LogP contribution in [0.3, 0.4) is 0 Å². The summed E-state index contributed by atoms with van der Waals surface area (Å²) in [5.41, 5.74) is 1.81. The van der Waals surface area contributed by atoms with Crippen LogP contribution in [0.25, 0.3) is 22.3 Å². The van der Waals surface area contributed by atoms with E-state index in [9.17, 15) is 0 Å². The molecule has 1 heterocycles. The lowest BCUT2D eigenvalue weighted by Crippen LogP contribution is -2.07. The number of methoxy groups -OCH3 is 1. The van der Waals surface area contributed by atoms with Gasteiger partial charge in [0.25, 0.3) is 0 Å². The minimum absolute atomic E-state index is 0.667. The molecule has 0 fully saturated rings. The van der Waals surface area contributed by atoms with Crippen LogP contribution in [-0.2, 0) is 4.74 Å². The number of halogens is 1. The predicted octanol–water partition coefficient (Wildman–Crippen LogP) is 4.40. The normalized spacial score (nSPS) is 10.9. The highest BCUT2D eigenvalue weighted by Gasteiger charge is 2.09. The van der Waals surface area contributed by atoms with Crippen LogP contribution in [0, 0.1) is 0 Å². The van der Waals surface area contributed by atoms with Crippen molar-refractivity contribution in [2.45, 2.75) is 6.42 Å². The van der Waals surface area contributed by atoms with Gasteiger partial charge in [-0.2, -0.15) is 0 Å². The number of hydrogen-bond donors (Lipinski definition) is 1. The molecule has 3 rings (SSSR count). The topological polar surface area (TPSA) is 47.0 Å². The third-order valence-corrected chi connectivity index (χ3v) is 3.74. The van der Waals surface area contributed by atoms with Gasteiger partial charge < -0.3 is 10.1 Å². The highest BCUT2D eigenvalue weighted by atomic mass is 35.5. The number of benzene rings is 2. The van der Waals surface area contributed by atoms with Gasteiger partial charge in [-0.1, -0.05) is 35.9 Å². The van der Waals surface area contributed by atoms with Crippen LogP contribution in [-0.4, -0.2) is 30.2 Å². The van der Waals surface area contributed by atoms with Crippen molar-refractivity contribution >= 4 is 28.3 Å². The molecule has 2 aromatic carbocycles. The molecule has 0 aliphatic rings. The number of hydrogen-bond acceptors (Lipinski definition) is 4. The van der Waals surface area contributed by atoms with E-state index < -0.39 is 0 Å². The van der Waals surface area contributed by atoms with Gasteiger partial charge in [0.1, 0.15) is 5.82 Å². The summed E-state index contributed by atoms with van der Waals surface area (Å²) in [5.74, 6) is 1.50. The Bertz CT molecular complexity index is 807. The van der Waals surface area contributed by atoms with Crippen molar-refractivity contribution in [3.8, 4) is 11.4 Å². The Kier molecular flexibility index (Phi) is 5.05. The van der Waals surface area contributed by atoms with Gasteiger partial charge in [-0.3, -0.25) is 0 Å².